The van der Waals surface area contributed by atoms with Crippen molar-refractivity contribution in [2.24, 2.45) is 0 Å². The van der Waals surface area contributed by atoms with E-state index in [1.807, 2.05) is 22.7 Å². The zero-order valence-electron chi connectivity index (χ0n) is 24.8. The second kappa shape index (κ2) is 10.1. The summed E-state index contributed by atoms with van der Waals surface area (Å²) >= 11 is 3.81. The predicted molar refractivity (Wildman–Crippen MR) is 204 cm³/mol. The van der Waals surface area contributed by atoms with Crippen molar-refractivity contribution in [3.63, 3.8) is 0 Å². The van der Waals surface area contributed by atoms with Crippen molar-refractivity contribution in [3.8, 4) is 32.7 Å². The fraction of sp³-hybridized carbons (Fsp3) is 0. The van der Waals surface area contributed by atoms with Crippen molar-refractivity contribution in [2.75, 3.05) is 0 Å². The molecule has 10 rings (SSSR count). The molecule has 0 aliphatic carbocycles. The molecule has 0 N–H and O–H groups in total. The van der Waals surface area contributed by atoms with E-state index in [1.54, 1.807) is 0 Å². The number of hydrogen-bond donors (Lipinski definition) is 0. The molecule has 0 bridgehead atoms. The Bertz CT molecular complexity index is 2740. The Morgan fingerprint density at radius 3 is 1.74 bits per heavy atom. The van der Waals surface area contributed by atoms with E-state index in [2.05, 4.69) is 158 Å². The summed E-state index contributed by atoms with van der Waals surface area (Å²) in [7, 11) is 0. The van der Waals surface area contributed by atoms with E-state index in [1.165, 1.54) is 95.3 Å². The van der Waals surface area contributed by atoms with Crippen LogP contribution in [0.2, 0.25) is 0 Å². The van der Waals surface area contributed by atoms with Crippen molar-refractivity contribution in [1.82, 2.24) is 0 Å². The van der Waals surface area contributed by atoms with Gasteiger partial charge < -0.3 is 0 Å². The lowest BCUT2D eigenvalue weighted by atomic mass is 9.85. The maximum Gasteiger partial charge on any atom is 0.0434 e. The van der Waals surface area contributed by atoms with Crippen LogP contribution in [-0.2, 0) is 0 Å². The van der Waals surface area contributed by atoms with Gasteiger partial charge in [0.15, 0.2) is 0 Å². The Hall–Kier alpha value is -5.28. The molecule has 0 unspecified atom stereocenters. The Morgan fingerprint density at radius 1 is 0.326 bits per heavy atom. The monoisotopic (exact) mass is 618 g/mol. The first-order chi connectivity index (χ1) is 22.8. The number of rotatable bonds is 3. The SMILES string of the molecule is c1ccc(-c2cc3cc4sc5c(-c6c7ccccc7c(-c7ccc8ccccc8c7)c7ccccc67)cccc5c4cc3s2)cc1. The minimum atomic E-state index is 1.26. The summed E-state index contributed by atoms with van der Waals surface area (Å²) in [5.74, 6) is 0. The molecule has 0 nitrogen and oxygen atoms in total. The van der Waals surface area contributed by atoms with Gasteiger partial charge in [-0.25, -0.2) is 0 Å². The molecule has 10 aromatic rings. The Kier molecular flexibility index (Phi) is 5.72. The van der Waals surface area contributed by atoms with Crippen LogP contribution in [-0.4, -0.2) is 0 Å². The first-order valence-corrected chi connectivity index (χ1v) is 17.3. The molecular formula is C44H26S2. The van der Waals surface area contributed by atoms with Crippen LogP contribution in [0.1, 0.15) is 0 Å². The van der Waals surface area contributed by atoms with E-state index in [0.29, 0.717) is 0 Å². The Labute approximate surface area is 274 Å². The summed E-state index contributed by atoms with van der Waals surface area (Å²) in [5, 5.41) is 11.7. The number of benzene rings is 8. The van der Waals surface area contributed by atoms with Gasteiger partial charge in [0.2, 0.25) is 0 Å². The van der Waals surface area contributed by atoms with Gasteiger partial charge in [-0.3, -0.25) is 0 Å². The first-order valence-electron chi connectivity index (χ1n) is 15.7. The van der Waals surface area contributed by atoms with Crippen molar-refractivity contribution in [2.45, 2.75) is 0 Å². The third kappa shape index (κ3) is 3.91. The van der Waals surface area contributed by atoms with Crippen LogP contribution in [0.3, 0.4) is 0 Å². The molecule has 0 aliphatic rings. The van der Waals surface area contributed by atoms with Gasteiger partial charge in [0.05, 0.1) is 0 Å². The van der Waals surface area contributed by atoms with Gasteiger partial charge in [-0.15, -0.1) is 22.7 Å². The molecule has 8 aromatic carbocycles. The molecule has 0 fully saturated rings. The quantitative estimate of drug-likeness (QED) is 0.173. The van der Waals surface area contributed by atoms with E-state index in [-0.39, 0.29) is 0 Å². The van der Waals surface area contributed by atoms with Gasteiger partial charge in [-0.2, -0.15) is 0 Å². The number of thiophene rings is 2. The zero-order valence-corrected chi connectivity index (χ0v) is 26.5. The van der Waals surface area contributed by atoms with Crippen LogP contribution in [0.4, 0.5) is 0 Å². The summed E-state index contributed by atoms with van der Waals surface area (Å²) in [5.41, 5.74) is 6.47. The fourth-order valence-corrected chi connectivity index (χ4v) is 9.69. The molecule has 0 spiro atoms. The molecule has 0 saturated carbocycles. The fourth-order valence-electron chi connectivity index (χ4n) is 7.35. The summed E-state index contributed by atoms with van der Waals surface area (Å²) in [6.07, 6.45) is 0. The maximum absolute atomic E-state index is 2.42. The van der Waals surface area contributed by atoms with Gasteiger partial charge in [0.1, 0.15) is 0 Å². The van der Waals surface area contributed by atoms with Gasteiger partial charge in [0, 0.05) is 35.3 Å². The summed E-state index contributed by atoms with van der Waals surface area (Å²) < 4.78 is 4.04. The van der Waals surface area contributed by atoms with E-state index < -0.39 is 0 Å². The van der Waals surface area contributed by atoms with E-state index in [0.717, 1.165) is 0 Å². The molecule has 0 amide bonds. The van der Waals surface area contributed by atoms with Crippen molar-refractivity contribution < 1.29 is 0 Å². The standard InChI is InChI=1S/C44H26S2/c1-2-12-28(13-3-1)39-24-31-25-41-38(26-40(31)45-39)36-19-10-20-37(44(36)46-41)43-34-17-8-6-15-32(34)42(33-16-7-9-18-35(33)43)30-22-21-27-11-4-5-14-29(27)23-30/h1-26H. The van der Waals surface area contributed by atoms with Gasteiger partial charge in [-0.1, -0.05) is 133 Å². The van der Waals surface area contributed by atoms with Crippen molar-refractivity contribution in [3.05, 3.63) is 158 Å². The molecule has 2 heteroatoms. The Balaban J connectivity index is 1.24. The molecule has 2 aromatic heterocycles. The predicted octanol–water partition coefficient (Wildman–Crippen LogP) is 13.7. The molecule has 2 heterocycles. The highest BCUT2D eigenvalue weighted by Crippen LogP contribution is 2.49. The minimum absolute atomic E-state index is 1.26. The zero-order chi connectivity index (χ0) is 30.2. The lowest BCUT2D eigenvalue weighted by molar-refractivity contribution is 1.69. The average Bonchev–Trinajstić information content (AvgIpc) is 3.70. The summed E-state index contributed by atoms with van der Waals surface area (Å²) in [6, 6.07) is 58.3. The van der Waals surface area contributed by atoms with Crippen molar-refractivity contribution >= 4 is 85.2 Å². The molecule has 0 aliphatic heterocycles. The van der Waals surface area contributed by atoms with Crippen LogP contribution < -0.4 is 0 Å². The largest absolute Gasteiger partial charge is 0.135 e. The lowest BCUT2D eigenvalue weighted by Crippen LogP contribution is -1.91. The smallest absolute Gasteiger partial charge is 0.0434 e. The highest BCUT2D eigenvalue weighted by Gasteiger charge is 2.20. The van der Waals surface area contributed by atoms with Gasteiger partial charge >= 0.3 is 0 Å². The topological polar surface area (TPSA) is 0 Å². The highest BCUT2D eigenvalue weighted by molar-refractivity contribution is 7.27. The van der Waals surface area contributed by atoms with Crippen LogP contribution in [0.15, 0.2) is 158 Å². The third-order valence-electron chi connectivity index (χ3n) is 9.43. The summed E-state index contributed by atoms with van der Waals surface area (Å²) in [6.45, 7) is 0. The normalized spacial score (nSPS) is 11.9. The van der Waals surface area contributed by atoms with Crippen molar-refractivity contribution in [1.29, 1.82) is 0 Å². The van der Waals surface area contributed by atoms with E-state index in [9.17, 15) is 0 Å². The maximum atomic E-state index is 2.42. The molecule has 0 atom stereocenters. The van der Waals surface area contributed by atoms with Crippen LogP contribution in [0, 0.1) is 0 Å². The molecule has 0 saturated heterocycles. The minimum Gasteiger partial charge on any atom is -0.135 e. The molecular weight excluding hydrogens is 593 g/mol. The summed E-state index contributed by atoms with van der Waals surface area (Å²) in [4.78, 5) is 1.32. The second-order valence-electron chi connectivity index (χ2n) is 12.1. The molecule has 0 radical (unpaired) electrons. The van der Waals surface area contributed by atoms with Gasteiger partial charge in [-0.05, 0) is 84.2 Å². The number of fused-ring (bicyclic) bond motifs is 7. The van der Waals surface area contributed by atoms with Crippen LogP contribution >= 0.6 is 22.7 Å². The second-order valence-corrected chi connectivity index (χ2v) is 14.2. The highest BCUT2D eigenvalue weighted by atomic mass is 32.1. The molecule has 214 valence electrons. The third-order valence-corrected chi connectivity index (χ3v) is 11.8. The molecule has 46 heavy (non-hydrogen) atoms. The average molecular weight is 619 g/mol. The number of hydrogen-bond acceptors (Lipinski definition) is 2. The van der Waals surface area contributed by atoms with Crippen LogP contribution in [0.5, 0.6) is 0 Å². The van der Waals surface area contributed by atoms with Crippen LogP contribution in [0.25, 0.3) is 95.3 Å². The van der Waals surface area contributed by atoms with Gasteiger partial charge in [0.25, 0.3) is 0 Å². The Morgan fingerprint density at radius 2 is 0.978 bits per heavy atom. The first kappa shape index (κ1) is 26.0. The lowest BCUT2D eigenvalue weighted by Gasteiger charge is -2.18. The van der Waals surface area contributed by atoms with E-state index >= 15 is 0 Å². The van der Waals surface area contributed by atoms with E-state index in [4.69, 9.17) is 0 Å².